The van der Waals surface area contributed by atoms with Crippen LogP contribution in [0.4, 0.5) is 4.79 Å². The van der Waals surface area contributed by atoms with Crippen molar-refractivity contribution >= 4 is 12.1 Å². The van der Waals surface area contributed by atoms with Crippen molar-refractivity contribution in [3.63, 3.8) is 0 Å². The minimum atomic E-state index is -1.14. The number of allylic oxidation sites excluding steroid dienone is 2. The highest BCUT2D eigenvalue weighted by Crippen LogP contribution is 2.38. The van der Waals surface area contributed by atoms with E-state index in [4.69, 9.17) is 18.9 Å². The second-order valence-corrected chi connectivity index (χ2v) is 15.3. The first-order valence-electron chi connectivity index (χ1n) is 18.4. The highest BCUT2D eigenvalue weighted by Gasteiger charge is 2.47. The summed E-state index contributed by atoms with van der Waals surface area (Å²) in [4.78, 5) is 30.6. The van der Waals surface area contributed by atoms with Crippen LogP contribution >= 0.6 is 0 Å². The van der Waals surface area contributed by atoms with E-state index in [9.17, 15) is 24.9 Å². The van der Waals surface area contributed by atoms with Gasteiger partial charge in [-0.25, -0.2) is 4.79 Å². The number of aliphatic hydroxyl groups is 3. The van der Waals surface area contributed by atoms with Crippen molar-refractivity contribution in [2.24, 2.45) is 11.8 Å². The van der Waals surface area contributed by atoms with Gasteiger partial charge in [-0.1, -0.05) is 51.5 Å². The molecule has 0 spiro atoms. The summed E-state index contributed by atoms with van der Waals surface area (Å²) in [6, 6.07) is 0.639. The lowest BCUT2D eigenvalue weighted by molar-refractivity contribution is -0.151. The van der Waals surface area contributed by atoms with Crippen LogP contribution in [0.25, 0.3) is 0 Å². The Bertz CT molecular complexity index is 1190. The van der Waals surface area contributed by atoms with Crippen LogP contribution in [0, 0.1) is 11.8 Å². The van der Waals surface area contributed by atoms with E-state index in [1.165, 1.54) is 19.3 Å². The van der Waals surface area contributed by atoms with E-state index in [-0.39, 0.29) is 43.0 Å². The third kappa shape index (κ3) is 10.9. The molecule has 10 unspecified atom stereocenters. The summed E-state index contributed by atoms with van der Waals surface area (Å²) in [5, 5.41) is 32.0. The minimum absolute atomic E-state index is 0.00188. The number of hydrogen-bond donors (Lipinski definition) is 3. The van der Waals surface area contributed by atoms with Crippen LogP contribution in [0.5, 0.6) is 0 Å². The number of carbonyl (C=O) groups is 2. The average Bonchev–Trinajstić information content (AvgIpc) is 3.80. The van der Waals surface area contributed by atoms with E-state index in [2.05, 4.69) is 4.90 Å². The van der Waals surface area contributed by atoms with E-state index in [1.807, 2.05) is 52.8 Å². The fourth-order valence-electron chi connectivity index (χ4n) is 7.21. The Morgan fingerprint density at radius 2 is 1.90 bits per heavy atom. The molecular formula is C38H62N2O9. The van der Waals surface area contributed by atoms with Crippen LogP contribution in [0.1, 0.15) is 92.9 Å². The Balaban J connectivity index is 1.46. The number of amides is 1. The van der Waals surface area contributed by atoms with Gasteiger partial charge in [0.15, 0.2) is 6.10 Å². The minimum Gasteiger partial charge on any atom is -0.457 e. The van der Waals surface area contributed by atoms with Crippen molar-refractivity contribution in [3.8, 4) is 0 Å². The number of epoxide rings is 1. The Hall–Kier alpha value is -2.28. The summed E-state index contributed by atoms with van der Waals surface area (Å²) in [6.45, 7) is 14.2. The highest BCUT2D eigenvalue weighted by molar-refractivity contribution is 5.70. The van der Waals surface area contributed by atoms with Gasteiger partial charge in [-0.3, -0.25) is 9.69 Å². The maximum atomic E-state index is 13.5. The molecule has 0 aromatic rings. The van der Waals surface area contributed by atoms with Crippen molar-refractivity contribution in [1.29, 1.82) is 0 Å². The zero-order valence-electron chi connectivity index (χ0n) is 30.8. The molecule has 1 amide bonds. The van der Waals surface area contributed by atoms with Crippen LogP contribution in [0.2, 0.25) is 0 Å². The van der Waals surface area contributed by atoms with Gasteiger partial charge in [-0.05, 0) is 64.5 Å². The van der Waals surface area contributed by atoms with Crippen molar-refractivity contribution in [2.75, 3.05) is 33.3 Å². The summed E-state index contributed by atoms with van der Waals surface area (Å²) in [7, 11) is 1.57. The molecule has 0 aromatic carbocycles. The predicted molar refractivity (Wildman–Crippen MR) is 187 cm³/mol. The lowest BCUT2D eigenvalue weighted by Crippen LogP contribution is -2.54. The molecule has 3 fully saturated rings. The average molecular weight is 691 g/mol. The number of rotatable bonds is 11. The van der Waals surface area contributed by atoms with Crippen molar-refractivity contribution < 1.29 is 43.9 Å². The number of piperazine rings is 1. The van der Waals surface area contributed by atoms with E-state index >= 15 is 0 Å². The molecule has 278 valence electrons. The van der Waals surface area contributed by atoms with Crippen molar-refractivity contribution in [1.82, 2.24) is 9.80 Å². The number of cyclic esters (lactones) is 1. The third-order valence-corrected chi connectivity index (χ3v) is 11.2. The zero-order chi connectivity index (χ0) is 35.9. The van der Waals surface area contributed by atoms with Gasteiger partial charge in [0.05, 0.1) is 36.4 Å². The molecule has 3 heterocycles. The molecule has 49 heavy (non-hydrogen) atoms. The van der Waals surface area contributed by atoms with E-state index in [0.29, 0.717) is 38.4 Å². The number of aliphatic hydroxyl groups excluding tert-OH is 2. The summed E-state index contributed by atoms with van der Waals surface area (Å²) in [5.74, 6) is -0.824. The molecule has 4 rings (SSSR count). The first kappa shape index (κ1) is 39.5. The zero-order valence-corrected chi connectivity index (χ0v) is 30.8. The lowest BCUT2D eigenvalue weighted by atomic mass is 9.88. The maximum absolute atomic E-state index is 13.5. The van der Waals surface area contributed by atoms with Gasteiger partial charge in [0.1, 0.15) is 11.7 Å². The number of nitrogens with zero attached hydrogens (tertiary/aromatic N) is 2. The molecule has 11 nitrogen and oxygen atoms in total. The van der Waals surface area contributed by atoms with E-state index in [0.717, 1.165) is 18.7 Å². The molecule has 1 aliphatic carbocycles. The summed E-state index contributed by atoms with van der Waals surface area (Å²) >= 11 is 0. The first-order chi connectivity index (χ1) is 23.2. The van der Waals surface area contributed by atoms with Crippen molar-refractivity contribution in [3.05, 3.63) is 36.0 Å². The molecule has 0 bridgehead atoms. The maximum Gasteiger partial charge on any atom is 0.410 e. The van der Waals surface area contributed by atoms with Crippen molar-refractivity contribution in [2.45, 2.75) is 147 Å². The number of esters is 1. The summed E-state index contributed by atoms with van der Waals surface area (Å²) < 4.78 is 23.8. The largest absolute Gasteiger partial charge is 0.457 e. The van der Waals surface area contributed by atoms with Crippen LogP contribution in [-0.2, 0) is 23.7 Å². The summed E-state index contributed by atoms with van der Waals surface area (Å²) in [5.41, 5.74) is -1.33. The Kier molecular flexibility index (Phi) is 13.9. The van der Waals surface area contributed by atoms with E-state index in [1.54, 1.807) is 31.1 Å². The second kappa shape index (κ2) is 17.3. The molecule has 2 saturated heterocycles. The molecule has 0 radical (unpaired) electrons. The normalized spacial score (nSPS) is 35.7. The number of ether oxygens (including phenoxy) is 4. The number of carbonyl (C=O) groups excluding carboxylic acids is 2. The fraction of sp³-hybridized carbons (Fsp3) is 0.789. The molecule has 11 heteroatoms. The smallest absolute Gasteiger partial charge is 0.410 e. The molecule has 10 atom stereocenters. The molecule has 0 aromatic heterocycles. The van der Waals surface area contributed by atoms with Gasteiger partial charge in [0, 0.05) is 57.6 Å². The Morgan fingerprint density at radius 1 is 1.20 bits per heavy atom. The van der Waals surface area contributed by atoms with E-state index < -0.39 is 41.6 Å². The quantitative estimate of drug-likeness (QED) is 0.123. The number of hydrogen-bond acceptors (Lipinski definition) is 10. The SMILES string of the molecule is CCC(O)C(C)C1OC1CC(C)(O)/C=C/C=C(\C)C1OC(=O)CC(O)CCC(C)(OC)C(OC(=O)N2CCN(C3CCC3)CC2)/C=C/C1C. The van der Waals surface area contributed by atoms with Crippen LogP contribution in [0.3, 0.4) is 0 Å². The molecule has 4 aliphatic rings. The monoisotopic (exact) mass is 690 g/mol. The molecule has 3 aliphatic heterocycles. The van der Waals surface area contributed by atoms with Gasteiger partial charge in [0.2, 0.25) is 0 Å². The van der Waals surface area contributed by atoms with Crippen LogP contribution in [0.15, 0.2) is 36.0 Å². The van der Waals surface area contributed by atoms with Gasteiger partial charge >= 0.3 is 12.1 Å². The predicted octanol–water partition coefficient (Wildman–Crippen LogP) is 4.53. The van der Waals surface area contributed by atoms with Crippen LogP contribution in [-0.4, -0.2) is 124 Å². The van der Waals surface area contributed by atoms with Gasteiger partial charge in [-0.15, -0.1) is 0 Å². The molecule has 3 N–H and O–H groups in total. The third-order valence-electron chi connectivity index (χ3n) is 11.2. The first-order valence-corrected chi connectivity index (χ1v) is 18.4. The van der Waals surface area contributed by atoms with Gasteiger partial charge in [0.25, 0.3) is 0 Å². The number of methoxy groups -OCH3 is 1. The second-order valence-electron chi connectivity index (χ2n) is 15.3. The van der Waals surface area contributed by atoms with Crippen LogP contribution < -0.4 is 0 Å². The lowest BCUT2D eigenvalue weighted by Gasteiger charge is -2.43. The van der Waals surface area contributed by atoms with Gasteiger partial charge in [-0.2, -0.15) is 0 Å². The topological polar surface area (TPSA) is 142 Å². The Morgan fingerprint density at radius 3 is 2.51 bits per heavy atom. The molecular weight excluding hydrogens is 628 g/mol. The standard InChI is InChI=1S/C38H62N2O9/c1-8-30(42)27(4)35-31(47-35)24-37(5,45)17-10-11-25(2)34-26(3)14-15-32(38(6,46-7)18-16-29(41)23-33(43)49-34)48-36(44)40-21-19-39(20-22-40)28-12-9-13-28/h10-11,14-15,17,26-32,34-35,41-42,45H,8-9,12-13,16,18-24H2,1-7H3/b15-14+,17-10+,25-11+. The highest BCUT2D eigenvalue weighted by atomic mass is 16.6. The van der Waals surface area contributed by atoms with Gasteiger partial charge < -0.3 is 39.2 Å². The Labute approximate surface area is 293 Å². The summed E-state index contributed by atoms with van der Waals surface area (Å²) in [6.07, 6.45) is 10.8. The molecule has 1 saturated carbocycles. The fourth-order valence-corrected chi connectivity index (χ4v) is 7.21.